The van der Waals surface area contributed by atoms with Gasteiger partial charge in [-0.25, -0.2) is 12.7 Å². The van der Waals surface area contributed by atoms with Crippen LogP contribution >= 0.6 is 0 Å². The molecule has 1 aliphatic heterocycles. The van der Waals surface area contributed by atoms with Gasteiger partial charge in [-0.1, -0.05) is 0 Å². The van der Waals surface area contributed by atoms with E-state index in [2.05, 4.69) is 0 Å². The third kappa shape index (κ3) is 2.91. The van der Waals surface area contributed by atoms with Crippen molar-refractivity contribution in [3.8, 4) is 0 Å². The van der Waals surface area contributed by atoms with E-state index < -0.39 is 10.0 Å². The summed E-state index contributed by atoms with van der Waals surface area (Å²) in [6.07, 6.45) is 0.753. The summed E-state index contributed by atoms with van der Waals surface area (Å²) in [5.41, 5.74) is 0. The molecule has 0 spiro atoms. The largest absolute Gasteiger partial charge is 0.396 e. The van der Waals surface area contributed by atoms with E-state index in [4.69, 9.17) is 9.84 Å². The molecule has 5 nitrogen and oxygen atoms in total. The third-order valence-electron chi connectivity index (χ3n) is 2.45. The van der Waals surface area contributed by atoms with Crippen LogP contribution in [0.4, 0.5) is 0 Å². The van der Waals surface area contributed by atoms with Gasteiger partial charge in [0, 0.05) is 26.8 Å². The van der Waals surface area contributed by atoms with Crippen LogP contribution in [0.1, 0.15) is 6.42 Å². The molecule has 0 radical (unpaired) electrons. The van der Waals surface area contributed by atoms with Crippen molar-refractivity contribution in [1.29, 1.82) is 0 Å². The van der Waals surface area contributed by atoms with E-state index >= 15 is 0 Å². The lowest BCUT2D eigenvalue weighted by Gasteiger charge is -2.15. The Bertz CT molecular complexity index is 265. The Balaban J connectivity index is 2.49. The SMILES string of the molecule is COCCS(=O)(=O)N1CCC(CO)C1. The predicted molar refractivity (Wildman–Crippen MR) is 52.4 cm³/mol. The Kier molecular flexibility index (Phi) is 4.31. The molecule has 0 aromatic heterocycles. The molecule has 1 unspecified atom stereocenters. The summed E-state index contributed by atoms with van der Waals surface area (Å²) < 4.78 is 29.4. The lowest BCUT2D eigenvalue weighted by Crippen LogP contribution is -2.32. The van der Waals surface area contributed by atoms with Crippen molar-refractivity contribution in [2.24, 2.45) is 5.92 Å². The van der Waals surface area contributed by atoms with E-state index in [1.807, 2.05) is 0 Å². The van der Waals surface area contributed by atoms with Crippen LogP contribution in [0.15, 0.2) is 0 Å². The molecule has 1 heterocycles. The van der Waals surface area contributed by atoms with Crippen molar-refractivity contribution in [1.82, 2.24) is 4.31 Å². The molecule has 14 heavy (non-hydrogen) atoms. The second-order valence-electron chi connectivity index (χ2n) is 3.50. The standard InChI is InChI=1S/C8H17NO4S/c1-13-4-5-14(11,12)9-3-2-8(6-9)7-10/h8,10H,2-7H2,1H3. The zero-order valence-corrected chi connectivity index (χ0v) is 9.16. The highest BCUT2D eigenvalue weighted by Gasteiger charge is 2.30. The number of hydrogen-bond acceptors (Lipinski definition) is 4. The smallest absolute Gasteiger partial charge is 0.216 e. The van der Waals surface area contributed by atoms with Crippen LogP contribution in [-0.4, -0.2) is 57.0 Å². The summed E-state index contributed by atoms with van der Waals surface area (Å²) in [5.74, 6) is 0.133. The molecule has 6 heteroatoms. The summed E-state index contributed by atoms with van der Waals surface area (Å²) in [6, 6.07) is 0. The zero-order valence-electron chi connectivity index (χ0n) is 8.35. The average molecular weight is 223 g/mol. The number of rotatable bonds is 5. The van der Waals surface area contributed by atoms with Crippen LogP contribution < -0.4 is 0 Å². The van der Waals surface area contributed by atoms with Gasteiger partial charge in [-0.3, -0.25) is 0 Å². The van der Waals surface area contributed by atoms with Crippen LogP contribution in [0.5, 0.6) is 0 Å². The molecule has 0 aromatic carbocycles. The van der Waals surface area contributed by atoms with Crippen LogP contribution in [0.3, 0.4) is 0 Å². The van der Waals surface area contributed by atoms with Crippen LogP contribution in [0, 0.1) is 5.92 Å². The van der Waals surface area contributed by atoms with Crippen molar-refractivity contribution in [2.75, 3.05) is 39.2 Å². The molecule has 1 atom stereocenters. The second-order valence-corrected chi connectivity index (χ2v) is 5.59. The number of hydrogen-bond donors (Lipinski definition) is 1. The predicted octanol–water partition coefficient (Wildman–Crippen LogP) is -0.723. The number of aliphatic hydroxyl groups excluding tert-OH is 1. The first-order valence-electron chi connectivity index (χ1n) is 4.67. The maximum absolute atomic E-state index is 11.6. The Morgan fingerprint density at radius 3 is 2.79 bits per heavy atom. The second kappa shape index (κ2) is 5.06. The summed E-state index contributed by atoms with van der Waals surface area (Å²) in [6.45, 7) is 1.26. The fourth-order valence-corrected chi connectivity index (χ4v) is 2.97. The summed E-state index contributed by atoms with van der Waals surface area (Å²) in [5, 5.41) is 8.88. The molecule has 1 saturated heterocycles. The average Bonchev–Trinajstić information content (AvgIpc) is 2.63. The summed E-state index contributed by atoms with van der Waals surface area (Å²) >= 11 is 0. The van der Waals surface area contributed by atoms with Gasteiger partial charge < -0.3 is 9.84 Å². The molecular formula is C8H17NO4S. The third-order valence-corrected chi connectivity index (χ3v) is 4.25. The molecule has 0 amide bonds. The van der Waals surface area contributed by atoms with E-state index in [0.717, 1.165) is 6.42 Å². The highest BCUT2D eigenvalue weighted by Crippen LogP contribution is 2.18. The minimum absolute atomic E-state index is 0.0294. The summed E-state index contributed by atoms with van der Waals surface area (Å²) in [4.78, 5) is 0. The van der Waals surface area contributed by atoms with Crippen molar-refractivity contribution in [2.45, 2.75) is 6.42 Å². The first-order chi connectivity index (χ1) is 6.60. The topological polar surface area (TPSA) is 66.8 Å². The highest BCUT2D eigenvalue weighted by molar-refractivity contribution is 7.89. The minimum Gasteiger partial charge on any atom is -0.396 e. The quantitative estimate of drug-likeness (QED) is 0.668. The fraction of sp³-hybridized carbons (Fsp3) is 1.00. The van der Waals surface area contributed by atoms with Gasteiger partial charge in [-0.15, -0.1) is 0 Å². The minimum atomic E-state index is -3.17. The van der Waals surface area contributed by atoms with Gasteiger partial charge in [-0.2, -0.15) is 0 Å². The number of methoxy groups -OCH3 is 1. The molecule has 0 aliphatic carbocycles. The van der Waals surface area contributed by atoms with Crippen molar-refractivity contribution >= 4 is 10.0 Å². The molecule has 84 valence electrons. The monoisotopic (exact) mass is 223 g/mol. The van der Waals surface area contributed by atoms with E-state index in [1.54, 1.807) is 0 Å². The molecular weight excluding hydrogens is 206 g/mol. The Morgan fingerprint density at radius 1 is 1.57 bits per heavy atom. The number of sulfonamides is 1. The van der Waals surface area contributed by atoms with Gasteiger partial charge in [0.1, 0.15) is 0 Å². The first-order valence-corrected chi connectivity index (χ1v) is 6.28. The molecule has 0 saturated carbocycles. The van der Waals surface area contributed by atoms with E-state index in [0.29, 0.717) is 13.1 Å². The molecule has 0 bridgehead atoms. The van der Waals surface area contributed by atoms with Gasteiger partial charge in [0.2, 0.25) is 10.0 Å². The fourth-order valence-electron chi connectivity index (χ4n) is 1.52. The normalized spacial score (nSPS) is 24.3. The molecule has 1 aliphatic rings. The number of aliphatic hydroxyl groups is 1. The Morgan fingerprint density at radius 2 is 2.29 bits per heavy atom. The van der Waals surface area contributed by atoms with Gasteiger partial charge in [0.05, 0.1) is 12.4 Å². The van der Waals surface area contributed by atoms with Crippen molar-refractivity contribution < 1.29 is 18.3 Å². The van der Waals surface area contributed by atoms with Gasteiger partial charge in [0.15, 0.2) is 0 Å². The number of ether oxygens (including phenoxy) is 1. The van der Waals surface area contributed by atoms with E-state index in [-0.39, 0.29) is 24.9 Å². The zero-order chi connectivity index (χ0) is 10.6. The maximum Gasteiger partial charge on any atom is 0.216 e. The summed E-state index contributed by atoms with van der Waals surface area (Å²) in [7, 11) is -1.69. The van der Waals surface area contributed by atoms with Crippen LogP contribution in [-0.2, 0) is 14.8 Å². The van der Waals surface area contributed by atoms with E-state index in [9.17, 15) is 8.42 Å². The van der Waals surface area contributed by atoms with Crippen molar-refractivity contribution in [3.05, 3.63) is 0 Å². The molecule has 1 rings (SSSR count). The molecule has 1 N–H and O–H groups in total. The lowest BCUT2D eigenvalue weighted by molar-refractivity contribution is 0.215. The highest BCUT2D eigenvalue weighted by atomic mass is 32.2. The van der Waals surface area contributed by atoms with E-state index in [1.165, 1.54) is 11.4 Å². The van der Waals surface area contributed by atoms with Gasteiger partial charge in [0.25, 0.3) is 0 Å². The number of nitrogens with zero attached hydrogens (tertiary/aromatic N) is 1. The Hall–Kier alpha value is -0.170. The molecule has 1 fully saturated rings. The Labute approximate surface area is 84.7 Å². The van der Waals surface area contributed by atoms with Gasteiger partial charge in [-0.05, 0) is 12.3 Å². The van der Waals surface area contributed by atoms with Crippen LogP contribution in [0.25, 0.3) is 0 Å². The lowest BCUT2D eigenvalue weighted by atomic mass is 10.1. The maximum atomic E-state index is 11.6. The van der Waals surface area contributed by atoms with Crippen molar-refractivity contribution in [3.63, 3.8) is 0 Å². The van der Waals surface area contributed by atoms with Crippen LogP contribution in [0.2, 0.25) is 0 Å². The molecule has 0 aromatic rings. The first kappa shape index (κ1) is 11.9. The van der Waals surface area contributed by atoms with Gasteiger partial charge >= 0.3 is 0 Å².